The zero-order chi connectivity index (χ0) is 25.6. The molecule has 0 aliphatic carbocycles. The summed E-state index contributed by atoms with van der Waals surface area (Å²) in [5.74, 6) is 1.15. The van der Waals surface area contributed by atoms with Crippen LogP contribution in [0.15, 0.2) is 63.8 Å². The summed E-state index contributed by atoms with van der Waals surface area (Å²) in [6, 6.07) is 16.9. The van der Waals surface area contributed by atoms with Crippen LogP contribution in [0.2, 0.25) is 0 Å². The van der Waals surface area contributed by atoms with Gasteiger partial charge in [-0.15, -0.1) is 0 Å². The summed E-state index contributed by atoms with van der Waals surface area (Å²) in [6.45, 7) is 6.36. The van der Waals surface area contributed by atoms with Crippen LogP contribution in [0.1, 0.15) is 50.0 Å². The highest BCUT2D eigenvalue weighted by atomic mass is 16.5. The fraction of sp³-hybridized carbons (Fsp3) is 0.267. The van der Waals surface area contributed by atoms with E-state index >= 15 is 0 Å². The van der Waals surface area contributed by atoms with E-state index in [0.717, 1.165) is 27.8 Å². The Labute approximate surface area is 210 Å². The fourth-order valence-electron chi connectivity index (χ4n) is 4.89. The Morgan fingerprint density at radius 3 is 2.25 bits per heavy atom. The van der Waals surface area contributed by atoms with Gasteiger partial charge in [-0.05, 0) is 73.7 Å². The second kappa shape index (κ2) is 9.19. The van der Waals surface area contributed by atoms with Gasteiger partial charge in [-0.25, -0.2) is 0 Å². The lowest BCUT2D eigenvalue weighted by molar-refractivity contribution is 0.0730. The van der Waals surface area contributed by atoms with Crippen molar-refractivity contribution < 1.29 is 18.7 Å². The number of ether oxygens (including phenoxy) is 2. The molecule has 5 rings (SSSR count). The lowest BCUT2D eigenvalue weighted by Crippen LogP contribution is -2.31. The molecule has 0 spiro atoms. The number of hydrogen-bond donors (Lipinski definition) is 0. The van der Waals surface area contributed by atoms with Gasteiger partial charge in [-0.1, -0.05) is 35.9 Å². The average Bonchev–Trinajstić information content (AvgIpc) is 3.16. The van der Waals surface area contributed by atoms with Gasteiger partial charge in [-0.3, -0.25) is 9.59 Å². The molecule has 0 saturated carbocycles. The molecule has 1 aliphatic heterocycles. The van der Waals surface area contributed by atoms with E-state index in [4.69, 9.17) is 13.9 Å². The number of carbonyl (C=O) groups excluding carboxylic acids is 1. The summed E-state index contributed by atoms with van der Waals surface area (Å²) in [6.07, 6.45) is 0.578. The Morgan fingerprint density at radius 1 is 0.861 bits per heavy atom. The van der Waals surface area contributed by atoms with Crippen LogP contribution in [0.5, 0.6) is 11.5 Å². The lowest BCUT2D eigenvalue weighted by Gasteiger charge is -2.25. The summed E-state index contributed by atoms with van der Waals surface area (Å²) in [4.78, 5) is 29.2. The number of fused-ring (bicyclic) bond motifs is 2. The second-order valence-corrected chi connectivity index (χ2v) is 9.36. The van der Waals surface area contributed by atoms with Gasteiger partial charge in [0.1, 0.15) is 5.58 Å². The van der Waals surface area contributed by atoms with Gasteiger partial charge < -0.3 is 18.8 Å². The first-order valence-corrected chi connectivity index (χ1v) is 12.0. The zero-order valence-corrected chi connectivity index (χ0v) is 21.2. The van der Waals surface area contributed by atoms with E-state index < -0.39 is 6.04 Å². The minimum atomic E-state index is -0.518. The summed E-state index contributed by atoms with van der Waals surface area (Å²) < 4.78 is 16.9. The van der Waals surface area contributed by atoms with Crippen LogP contribution < -0.4 is 14.9 Å². The van der Waals surface area contributed by atoms with E-state index in [0.29, 0.717) is 41.0 Å². The molecule has 3 aromatic carbocycles. The van der Waals surface area contributed by atoms with Crippen LogP contribution in [0.25, 0.3) is 11.0 Å². The fourth-order valence-corrected chi connectivity index (χ4v) is 4.89. The largest absolute Gasteiger partial charge is 0.493 e. The van der Waals surface area contributed by atoms with E-state index in [1.807, 2.05) is 75.4 Å². The van der Waals surface area contributed by atoms with E-state index in [9.17, 15) is 9.59 Å². The molecular weight excluding hydrogens is 454 g/mol. The van der Waals surface area contributed by atoms with Crippen molar-refractivity contribution in [3.63, 3.8) is 0 Å². The molecule has 0 radical (unpaired) electrons. The first kappa shape index (κ1) is 23.7. The van der Waals surface area contributed by atoms with Gasteiger partial charge in [0, 0.05) is 6.54 Å². The van der Waals surface area contributed by atoms with Crippen LogP contribution >= 0.6 is 0 Å². The number of rotatable bonds is 6. The Hall–Kier alpha value is -4.06. The molecule has 1 aromatic heterocycles. The van der Waals surface area contributed by atoms with Crippen molar-refractivity contribution in [1.29, 1.82) is 0 Å². The summed E-state index contributed by atoms with van der Waals surface area (Å²) >= 11 is 0. The highest BCUT2D eigenvalue weighted by Gasteiger charge is 2.42. The Balaban J connectivity index is 1.60. The number of benzene rings is 3. The minimum Gasteiger partial charge on any atom is -0.493 e. The predicted molar refractivity (Wildman–Crippen MR) is 139 cm³/mol. The number of amides is 1. The first-order chi connectivity index (χ1) is 17.3. The van der Waals surface area contributed by atoms with Gasteiger partial charge >= 0.3 is 0 Å². The molecule has 2 heterocycles. The molecule has 4 aromatic rings. The molecule has 36 heavy (non-hydrogen) atoms. The van der Waals surface area contributed by atoms with E-state index in [2.05, 4.69) is 0 Å². The molecule has 1 atom stereocenters. The zero-order valence-electron chi connectivity index (χ0n) is 21.2. The standard InChI is InChI=1S/C30H29NO5/c1-17-6-9-21(10-7-17)27-26-28(32)22-14-18(2)19(3)15-24(22)36-29(26)30(33)31(27)13-12-20-8-11-23(34-4)25(16-20)35-5/h6-11,14-16,27H,12-13H2,1-5H3/t27-/m0/s1. The van der Waals surface area contributed by atoms with Crippen LogP contribution in [-0.2, 0) is 6.42 Å². The third-order valence-corrected chi connectivity index (χ3v) is 7.06. The normalized spacial score (nSPS) is 14.9. The molecule has 0 bridgehead atoms. The van der Waals surface area contributed by atoms with Gasteiger partial charge in [0.25, 0.3) is 5.91 Å². The monoisotopic (exact) mass is 483 g/mol. The number of nitrogens with zero attached hydrogens (tertiary/aromatic N) is 1. The van der Waals surface area contributed by atoms with Gasteiger partial charge in [0.2, 0.25) is 5.76 Å². The SMILES string of the molecule is COc1ccc(CCN2C(=O)c3oc4cc(C)c(C)cc4c(=O)c3[C@@H]2c2ccc(C)cc2)cc1OC. The summed E-state index contributed by atoms with van der Waals surface area (Å²) in [7, 11) is 3.20. The average molecular weight is 484 g/mol. The van der Waals surface area contributed by atoms with Crippen molar-refractivity contribution in [3.05, 3.63) is 104 Å². The maximum atomic E-state index is 13.8. The molecule has 6 heteroatoms. The highest BCUT2D eigenvalue weighted by Crippen LogP contribution is 2.39. The summed E-state index contributed by atoms with van der Waals surface area (Å²) in [5, 5.41) is 0.503. The van der Waals surface area contributed by atoms with Crippen molar-refractivity contribution in [2.45, 2.75) is 33.2 Å². The van der Waals surface area contributed by atoms with E-state index in [-0.39, 0.29) is 17.1 Å². The van der Waals surface area contributed by atoms with Crippen molar-refractivity contribution >= 4 is 16.9 Å². The van der Waals surface area contributed by atoms with Crippen molar-refractivity contribution in [3.8, 4) is 11.5 Å². The molecule has 1 amide bonds. The number of carbonyl (C=O) groups is 1. The maximum Gasteiger partial charge on any atom is 0.290 e. The smallest absolute Gasteiger partial charge is 0.290 e. The molecular formula is C30H29NO5. The molecule has 1 aliphatic rings. The van der Waals surface area contributed by atoms with Crippen LogP contribution in [-0.4, -0.2) is 31.6 Å². The van der Waals surface area contributed by atoms with Crippen LogP contribution in [0.4, 0.5) is 0 Å². The molecule has 0 fully saturated rings. The molecule has 0 saturated heterocycles. The third kappa shape index (κ3) is 3.92. The first-order valence-electron chi connectivity index (χ1n) is 12.0. The quantitative estimate of drug-likeness (QED) is 0.361. The predicted octanol–water partition coefficient (Wildman–Crippen LogP) is 5.52. The van der Waals surface area contributed by atoms with Gasteiger partial charge in [0.15, 0.2) is 16.9 Å². The number of aryl methyl sites for hydroxylation is 3. The summed E-state index contributed by atoms with van der Waals surface area (Å²) in [5.41, 5.74) is 5.71. The highest BCUT2D eigenvalue weighted by molar-refractivity contribution is 5.99. The Bertz CT molecular complexity index is 1530. The Morgan fingerprint density at radius 2 is 1.56 bits per heavy atom. The molecule has 184 valence electrons. The second-order valence-electron chi connectivity index (χ2n) is 9.36. The topological polar surface area (TPSA) is 69.0 Å². The van der Waals surface area contributed by atoms with E-state index in [1.165, 1.54) is 0 Å². The molecule has 0 N–H and O–H groups in total. The lowest BCUT2D eigenvalue weighted by atomic mass is 9.96. The van der Waals surface area contributed by atoms with Gasteiger partial charge in [-0.2, -0.15) is 0 Å². The number of hydrogen-bond acceptors (Lipinski definition) is 5. The van der Waals surface area contributed by atoms with Crippen LogP contribution in [0, 0.1) is 20.8 Å². The molecule has 6 nitrogen and oxygen atoms in total. The van der Waals surface area contributed by atoms with Crippen molar-refractivity contribution in [2.75, 3.05) is 20.8 Å². The third-order valence-electron chi connectivity index (χ3n) is 7.06. The Kier molecular flexibility index (Phi) is 6.04. The van der Waals surface area contributed by atoms with Crippen molar-refractivity contribution in [2.24, 2.45) is 0 Å². The number of methoxy groups -OCH3 is 2. The van der Waals surface area contributed by atoms with Crippen molar-refractivity contribution in [1.82, 2.24) is 4.90 Å². The van der Waals surface area contributed by atoms with Crippen LogP contribution in [0.3, 0.4) is 0 Å². The van der Waals surface area contributed by atoms with Gasteiger partial charge in [0.05, 0.1) is 31.2 Å². The van der Waals surface area contributed by atoms with E-state index in [1.54, 1.807) is 19.1 Å². The minimum absolute atomic E-state index is 0.133. The molecule has 0 unspecified atom stereocenters. The maximum absolute atomic E-state index is 13.8.